The Balaban J connectivity index is 2.43. The van der Waals surface area contributed by atoms with E-state index in [2.05, 4.69) is 49.9 Å². The summed E-state index contributed by atoms with van der Waals surface area (Å²) in [7, 11) is 0. The first kappa shape index (κ1) is 30.2. The van der Waals surface area contributed by atoms with Gasteiger partial charge in [-0.1, -0.05) is 13.2 Å². The van der Waals surface area contributed by atoms with Gasteiger partial charge in [-0.05, 0) is 33.3 Å². The van der Waals surface area contributed by atoms with Gasteiger partial charge in [-0.15, -0.1) is 21.6 Å². The van der Waals surface area contributed by atoms with Crippen LogP contribution in [0, 0.1) is 43.1 Å². The van der Waals surface area contributed by atoms with Gasteiger partial charge in [0.15, 0.2) is 5.82 Å². The van der Waals surface area contributed by atoms with E-state index >= 15 is 0 Å². The first-order chi connectivity index (χ1) is 18.5. The number of hydrogen-bond acceptors (Lipinski definition) is 12. The molecule has 0 aliphatic rings. The molecule has 0 fully saturated rings. The Labute approximate surface area is 230 Å². The summed E-state index contributed by atoms with van der Waals surface area (Å²) < 4.78 is 10.2. The molecule has 2 aromatic rings. The minimum Gasteiger partial charge on any atom is -0.460 e. The van der Waals surface area contributed by atoms with Gasteiger partial charge in [-0.25, -0.2) is 19.4 Å². The molecule has 2 heterocycles. The molecule has 12 nitrogen and oxygen atoms in total. The number of carbonyl (C=O) groups excluding carboxylic acids is 2. The minimum atomic E-state index is -0.542. The first-order valence-electron chi connectivity index (χ1n) is 11.5. The zero-order valence-electron chi connectivity index (χ0n) is 22.0. The number of esters is 2. The molecule has 0 unspecified atom stereocenters. The van der Waals surface area contributed by atoms with Gasteiger partial charge in [0, 0.05) is 16.7 Å². The molecule has 0 spiro atoms. The van der Waals surface area contributed by atoms with Crippen molar-refractivity contribution < 1.29 is 19.1 Å². The molecule has 39 heavy (non-hydrogen) atoms. The zero-order valence-corrected chi connectivity index (χ0v) is 22.8. The van der Waals surface area contributed by atoms with Crippen LogP contribution in [0.15, 0.2) is 34.5 Å². The van der Waals surface area contributed by atoms with Crippen LogP contribution in [-0.2, 0) is 19.1 Å². The quantitative estimate of drug-likeness (QED) is 0.114. The Morgan fingerprint density at radius 2 is 1.51 bits per heavy atom. The fourth-order valence-corrected chi connectivity index (χ4v) is 3.83. The molecule has 0 saturated heterocycles. The van der Waals surface area contributed by atoms with Crippen LogP contribution in [0.5, 0.6) is 0 Å². The van der Waals surface area contributed by atoms with Crippen molar-refractivity contribution in [1.82, 2.24) is 4.98 Å². The van der Waals surface area contributed by atoms with Crippen LogP contribution in [0.3, 0.4) is 0 Å². The largest absolute Gasteiger partial charge is 0.460 e. The van der Waals surface area contributed by atoms with E-state index in [-0.39, 0.29) is 70.9 Å². The van der Waals surface area contributed by atoms with Crippen LogP contribution in [0.4, 0.5) is 27.3 Å². The fraction of sp³-hybridized carbons (Fsp3) is 0.308. The summed E-state index contributed by atoms with van der Waals surface area (Å²) in [5.74, 6) is -0.646. The molecule has 0 bridgehead atoms. The highest BCUT2D eigenvalue weighted by atomic mass is 32.1. The predicted molar refractivity (Wildman–Crippen MR) is 146 cm³/mol. The number of aromatic nitrogens is 1. The molecule has 2 aromatic heterocycles. The number of rotatable bonds is 12. The molecular weight excluding hydrogens is 520 g/mol. The lowest BCUT2D eigenvalue weighted by atomic mass is 10.1. The van der Waals surface area contributed by atoms with Crippen molar-refractivity contribution in [2.75, 3.05) is 36.9 Å². The van der Waals surface area contributed by atoms with E-state index < -0.39 is 11.9 Å². The van der Waals surface area contributed by atoms with E-state index in [9.17, 15) is 20.1 Å². The van der Waals surface area contributed by atoms with Crippen LogP contribution >= 0.6 is 11.3 Å². The second-order valence-electron chi connectivity index (χ2n) is 8.09. The molecule has 0 aliphatic heterocycles. The summed E-state index contributed by atoms with van der Waals surface area (Å²) in [5.41, 5.74) is 2.10. The number of ether oxygens (including phenoxy) is 2. The monoisotopic (exact) mass is 546 g/mol. The van der Waals surface area contributed by atoms with Gasteiger partial charge >= 0.3 is 11.9 Å². The van der Waals surface area contributed by atoms with Crippen LogP contribution in [-0.4, -0.2) is 43.2 Å². The molecule has 0 saturated carbocycles. The summed E-state index contributed by atoms with van der Waals surface area (Å²) >= 11 is 1.03. The number of pyridine rings is 1. The number of hydrogen-bond donors (Lipinski definition) is 2. The topological polar surface area (TPSA) is 166 Å². The molecule has 0 aliphatic carbocycles. The van der Waals surface area contributed by atoms with Crippen LogP contribution < -0.4 is 10.6 Å². The predicted octanol–water partition coefficient (Wildman–Crippen LogP) is 5.53. The summed E-state index contributed by atoms with van der Waals surface area (Å²) in [6, 6.07) is 4.14. The summed E-state index contributed by atoms with van der Waals surface area (Å²) in [6.07, 6.45) is 0. The maximum absolute atomic E-state index is 11.7. The summed E-state index contributed by atoms with van der Waals surface area (Å²) in [5, 5.41) is 34.4. The lowest BCUT2D eigenvalue weighted by Crippen LogP contribution is -2.17. The molecule has 2 rings (SSSR count). The van der Waals surface area contributed by atoms with Crippen molar-refractivity contribution in [3.05, 3.63) is 58.0 Å². The second kappa shape index (κ2) is 14.0. The van der Waals surface area contributed by atoms with Gasteiger partial charge in [-0.2, -0.15) is 10.5 Å². The third kappa shape index (κ3) is 7.71. The molecule has 200 valence electrons. The average molecular weight is 547 g/mol. The van der Waals surface area contributed by atoms with E-state index in [0.717, 1.165) is 11.3 Å². The van der Waals surface area contributed by atoms with Crippen molar-refractivity contribution >= 4 is 50.6 Å². The number of nitrogens with one attached hydrogen (secondary N) is 2. The minimum absolute atomic E-state index is 0.000310. The number of carbonyl (C=O) groups is 2. The van der Waals surface area contributed by atoms with Crippen molar-refractivity contribution in [3.8, 4) is 12.1 Å². The number of nitrogens with zero attached hydrogens (tertiary/aromatic N) is 6. The number of azo groups is 1. The summed E-state index contributed by atoms with van der Waals surface area (Å²) in [6.45, 7) is 21.1. The van der Waals surface area contributed by atoms with E-state index in [0.29, 0.717) is 16.1 Å². The maximum atomic E-state index is 11.7. The Bertz CT molecular complexity index is 1470. The van der Waals surface area contributed by atoms with E-state index in [4.69, 9.17) is 16.0 Å². The standard InChI is InChI=1S/C26H26N8O4S/c1-14(2)25(35)37-10-8-30-21-18(12-27)16(5)20(22(32-21)31-9-11-38-26(36)15(3)4)33-34-24-19(13-28)17(6)23(29-7)39-24/h1,3,8-11H2,2,4-6H3,(H2,30,31,32). The lowest BCUT2D eigenvalue weighted by molar-refractivity contribution is -0.139. The van der Waals surface area contributed by atoms with E-state index in [1.807, 2.05) is 6.07 Å². The molecular formula is C26H26N8O4S. The molecule has 0 aromatic carbocycles. The van der Waals surface area contributed by atoms with Gasteiger partial charge in [-0.3, -0.25) is 0 Å². The number of anilines is 2. The smallest absolute Gasteiger partial charge is 0.333 e. The van der Waals surface area contributed by atoms with Crippen LogP contribution in [0.25, 0.3) is 4.85 Å². The molecule has 13 heteroatoms. The Kier molecular flexibility index (Phi) is 10.9. The van der Waals surface area contributed by atoms with Crippen molar-refractivity contribution in [3.63, 3.8) is 0 Å². The van der Waals surface area contributed by atoms with Gasteiger partial charge in [0.05, 0.1) is 30.8 Å². The molecule has 0 radical (unpaired) electrons. The van der Waals surface area contributed by atoms with Gasteiger partial charge in [0.2, 0.25) is 5.00 Å². The third-order valence-electron chi connectivity index (χ3n) is 5.04. The first-order valence-corrected chi connectivity index (χ1v) is 12.3. The third-order valence-corrected chi connectivity index (χ3v) is 6.11. The van der Waals surface area contributed by atoms with Crippen LogP contribution in [0.2, 0.25) is 0 Å². The van der Waals surface area contributed by atoms with Crippen molar-refractivity contribution in [1.29, 1.82) is 10.5 Å². The van der Waals surface area contributed by atoms with Crippen molar-refractivity contribution in [2.24, 2.45) is 10.2 Å². The zero-order chi connectivity index (χ0) is 29.1. The van der Waals surface area contributed by atoms with E-state index in [1.54, 1.807) is 13.8 Å². The summed E-state index contributed by atoms with van der Waals surface area (Å²) in [4.78, 5) is 31.2. The average Bonchev–Trinajstić information content (AvgIpc) is 3.22. The maximum Gasteiger partial charge on any atom is 0.333 e. The normalized spacial score (nSPS) is 10.2. The van der Waals surface area contributed by atoms with Crippen molar-refractivity contribution in [2.45, 2.75) is 27.7 Å². The number of thiophene rings is 1. The molecule has 0 amide bonds. The van der Waals surface area contributed by atoms with Gasteiger partial charge < -0.3 is 20.1 Å². The SMILES string of the molecule is [C-]#[N+]c1sc(N=Nc2c(NCCOC(=O)C(=C)C)nc(NCCOC(=O)C(=C)C)c(C#N)c2C)c(C#N)c1C. The lowest BCUT2D eigenvalue weighted by Gasteiger charge is -2.15. The second-order valence-corrected chi connectivity index (χ2v) is 9.07. The highest BCUT2D eigenvalue weighted by molar-refractivity contribution is 7.20. The Morgan fingerprint density at radius 3 is 2.00 bits per heavy atom. The fourth-order valence-electron chi connectivity index (χ4n) is 2.97. The van der Waals surface area contributed by atoms with E-state index in [1.165, 1.54) is 13.8 Å². The van der Waals surface area contributed by atoms with Crippen LogP contribution in [0.1, 0.15) is 36.1 Å². The Hall–Kier alpha value is -5.06. The van der Waals surface area contributed by atoms with Gasteiger partial charge in [0.1, 0.15) is 41.9 Å². The Morgan fingerprint density at radius 1 is 0.974 bits per heavy atom. The molecule has 0 atom stereocenters. The number of nitriles is 2. The van der Waals surface area contributed by atoms with Gasteiger partial charge in [0.25, 0.3) is 0 Å². The highest BCUT2D eigenvalue weighted by Gasteiger charge is 2.19. The molecule has 2 N–H and O–H groups in total. The highest BCUT2D eigenvalue weighted by Crippen LogP contribution is 2.42.